The molecular formula is C47H59N9O5. The van der Waals surface area contributed by atoms with Crippen molar-refractivity contribution in [2.24, 2.45) is 5.92 Å². The highest BCUT2D eigenvalue weighted by Crippen LogP contribution is 2.35. The van der Waals surface area contributed by atoms with Gasteiger partial charge in [-0.25, -0.2) is 15.0 Å². The summed E-state index contributed by atoms with van der Waals surface area (Å²) in [4.78, 5) is 58.7. The van der Waals surface area contributed by atoms with Gasteiger partial charge in [-0.3, -0.25) is 29.5 Å². The lowest BCUT2D eigenvalue weighted by Crippen LogP contribution is -2.51. The second-order valence-corrected chi connectivity index (χ2v) is 17.6. The number of imide groups is 1. The van der Waals surface area contributed by atoms with E-state index in [1.54, 1.807) is 18.5 Å². The molecule has 4 aliphatic heterocycles. The minimum atomic E-state index is -1.01. The number of ether oxygens (including phenoxy) is 1. The van der Waals surface area contributed by atoms with Crippen LogP contribution in [0.25, 0.3) is 0 Å². The van der Waals surface area contributed by atoms with Gasteiger partial charge >= 0.3 is 0 Å². The van der Waals surface area contributed by atoms with Gasteiger partial charge in [0, 0.05) is 63.1 Å². The summed E-state index contributed by atoms with van der Waals surface area (Å²) in [6, 6.07) is 18.2. The van der Waals surface area contributed by atoms with Crippen LogP contribution in [0.5, 0.6) is 5.75 Å². The van der Waals surface area contributed by atoms with E-state index in [1.807, 2.05) is 36.3 Å². The molecule has 0 radical (unpaired) electrons. The summed E-state index contributed by atoms with van der Waals surface area (Å²) < 4.78 is 5.97. The molecule has 1 unspecified atom stereocenters. The van der Waals surface area contributed by atoms with Gasteiger partial charge in [0.2, 0.25) is 17.8 Å². The molecule has 0 saturated carbocycles. The number of nitrogens with zero attached hydrogens (tertiary/aromatic N) is 7. The van der Waals surface area contributed by atoms with E-state index in [0.29, 0.717) is 67.9 Å². The number of aromatic nitrogens is 3. The number of hydrogen-bond donors (Lipinski definition) is 3. The number of rotatable bonds is 14. The average Bonchev–Trinajstić information content (AvgIpc) is 3.28. The molecule has 61 heavy (non-hydrogen) atoms. The van der Waals surface area contributed by atoms with Gasteiger partial charge in [0.25, 0.3) is 0 Å². The molecule has 6 heterocycles. The highest BCUT2D eigenvalue weighted by Gasteiger charge is 2.35. The molecule has 14 heteroatoms. The lowest BCUT2D eigenvalue weighted by molar-refractivity contribution is -0.137. The van der Waals surface area contributed by atoms with Crippen molar-refractivity contribution in [3.8, 4) is 5.75 Å². The van der Waals surface area contributed by atoms with Crippen LogP contribution in [0, 0.1) is 5.92 Å². The molecule has 1 atom stereocenters. The third kappa shape index (κ3) is 10.6. The summed E-state index contributed by atoms with van der Waals surface area (Å²) in [7, 11) is 3.99. The zero-order chi connectivity index (χ0) is 42.3. The number of hydrogen-bond acceptors (Lipinski definition) is 13. The Morgan fingerprint density at radius 2 is 1.64 bits per heavy atom. The molecule has 0 aliphatic carbocycles. The molecular weight excluding hydrogens is 771 g/mol. The Kier molecular flexibility index (Phi) is 13.3. The summed E-state index contributed by atoms with van der Waals surface area (Å²) in [5.74, 6) is 2.38. The predicted octanol–water partition coefficient (Wildman–Crippen LogP) is 5.25. The third-order valence-electron chi connectivity index (χ3n) is 13.3. The van der Waals surface area contributed by atoms with E-state index < -0.39 is 11.6 Å². The molecule has 0 bridgehead atoms. The second-order valence-electron chi connectivity index (χ2n) is 17.6. The molecule has 2 aromatic carbocycles. The number of anilines is 3. The zero-order valence-electron chi connectivity index (χ0n) is 35.5. The lowest BCUT2D eigenvalue weighted by atomic mass is 9.83. The van der Waals surface area contributed by atoms with Crippen molar-refractivity contribution in [1.29, 1.82) is 0 Å². The molecule has 2 aromatic heterocycles. The van der Waals surface area contributed by atoms with Crippen molar-refractivity contribution in [3.63, 3.8) is 0 Å². The SMILES string of the molecule is CN1CCC(COc2cnc(Nc3ccc(C4CCN(c5ccc(CN6CCC(O)(c7ccc(C=O)c(CN(C)C8CCC(=O)NC8=O)c7)CC6)cc5)CC4)cn3)nc2)CC1. The number of amides is 2. The number of piperidine rings is 4. The number of carbonyl (C=O) groups is 3. The minimum Gasteiger partial charge on any atom is -0.490 e. The van der Waals surface area contributed by atoms with E-state index in [2.05, 4.69) is 77.7 Å². The van der Waals surface area contributed by atoms with Crippen LogP contribution in [0.2, 0.25) is 0 Å². The Bertz CT molecular complexity index is 2110. The van der Waals surface area contributed by atoms with Crippen molar-refractivity contribution in [2.75, 3.05) is 70.2 Å². The van der Waals surface area contributed by atoms with E-state index in [0.717, 1.165) is 94.7 Å². The molecule has 322 valence electrons. The average molecular weight is 830 g/mol. The Labute approximate surface area is 358 Å². The molecule has 0 spiro atoms. The van der Waals surface area contributed by atoms with Crippen molar-refractivity contribution in [3.05, 3.63) is 101 Å². The number of carbonyl (C=O) groups excluding carboxylic acids is 3. The van der Waals surface area contributed by atoms with E-state index in [4.69, 9.17) is 4.74 Å². The van der Waals surface area contributed by atoms with Crippen molar-refractivity contribution in [2.45, 2.75) is 82.0 Å². The Morgan fingerprint density at radius 3 is 2.31 bits per heavy atom. The maximum Gasteiger partial charge on any atom is 0.243 e. The van der Waals surface area contributed by atoms with Crippen LogP contribution in [-0.2, 0) is 28.3 Å². The quantitative estimate of drug-likeness (QED) is 0.112. The summed E-state index contributed by atoms with van der Waals surface area (Å²) in [5, 5.41) is 17.4. The standard InChI is InChI=1S/C47H59N9O5/c1-53-19-13-34(14-20-53)32-61-41-27-49-46(50-28-41)51-43-11-6-36(26-48-43)35-15-21-56(22-16-35)40-8-3-33(4-9-40)29-55-23-17-47(60,18-24-55)39-7-5-37(31-57)38(25-39)30-54(2)42-10-12-44(58)52-45(42)59/h3-9,11,25-28,31,34-35,42,60H,10,12-24,29-30,32H2,1-2H3,(H,52,58,59)(H,48,49,50,51). The van der Waals surface area contributed by atoms with Crippen LogP contribution in [0.4, 0.5) is 17.5 Å². The smallest absolute Gasteiger partial charge is 0.243 e. The maximum absolute atomic E-state index is 12.5. The fourth-order valence-corrected chi connectivity index (χ4v) is 9.27. The van der Waals surface area contributed by atoms with E-state index >= 15 is 0 Å². The Balaban J connectivity index is 0.771. The molecule has 2 amide bonds. The number of likely N-dealkylation sites (N-methyl/N-ethyl adjacent to an activating group) is 1. The van der Waals surface area contributed by atoms with Gasteiger partial charge in [-0.2, -0.15) is 0 Å². The van der Waals surface area contributed by atoms with Gasteiger partial charge in [0.15, 0.2) is 5.75 Å². The van der Waals surface area contributed by atoms with Crippen LogP contribution >= 0.6 is 0 Å². The predicted molar refractivity (Wildman–Crippen MR) is 234 cm³/mol. The number of aldehydes is 1. The largest absolute Gasteiger partial charge is 0.490 e. The summed E-state index contributed by atoms with van der Waals surface area (Å²) in [6.07, 6.45) is 12.6. The molecule has 4 fully saturated rings. The summed E-state index contributed by atoms with van der Waals surface area (Å²) in [5.41, 5.74) is 4.82. The highest BCUT2D eigenvalue weighted by molar-refractivity contribution is 6.00. The fourth-order valence-electron chi connectivity index (χ4n) is 9.27. The number of aliphatic hydroxyl groups is 1. The number of likely N-dealkylation sites (tertiary alicyclic amines) is 2. The monoisotopic (exact) mass is 829 g/mol. The maximum atomic E-state index is 12.5. The minimum absolute atomic E-state index is 0.257. The number of benzene rings is 2. The summed E-state index contributed by atoms with van der Waals surface area (Å²) in [6.45, 7) is 7.57. The number of nitrogens with one attached hydrogen (secondary N) is 2. The lowest BCUT2D eigenvalue weighted by Gasteiger charge is -2.39. The fraction of sp³-hybridized carbons (Fsp3) is 0.489. The first-order chi connectivity index (χ1) is 29.6. The van der Waals surface area contributed by atoms with Crippen molar-refractivity contribution >= 4 is 35.6 Å². The molecule has 14 nitrogen and oxygen atoms in total. The van der Waals surface area contributed by atoms with Gasteiger partial charge in [0.05, 0.1) is 30.6 Å². The van der Waals surface area contributed by atoms with Crippen LogP contribution < -0.4 is 20.3 Å². The first kappa shape index (κ1) is 42.4. The van der Waals surface area contributed by atoms with E-state index in [9.17, 15) is 19.5 Å². The van der Waals surface area contributed by atoms with Gasteiger partial charge < -0.3 is 25.0 Å². The van der Waals surface area contributed by atoms with Gasteiger partial charge in [-0.05, 0) is 124 Å². The second kappa shape index (κ2) is 19.2. The molecule has 4 aromatic rings. The third-order valence-corrected chi connectivity index (χ3v) is 13.3. The zero-order valence-corrected chi connectivity index (χ0v) is 35.5. The van der Waals surface area contributed by atoms with Gasteiger partial charge in [0.1, 0.15) is 12.1 Å². The Morgan fingerprint density at radius 1 is 0.902 bits per heavy atom. The topological polar surface area (TPSA) is 156 Å². The first-order valence-corrected chi connectivity index (χ1v) is 21.9. The van der Waals surface area contributed by atoms with Crippen LogP contribution in [0.15, 0.2) is 73.2 Å². The van der Waals surface area contributed by atoms with Gasteiger partial charge in [-0.1, -0.05) is 36.4 Å². The van der Waals surface area contributed by atoms with Crippen LogP contribution in [0.3, 0.4) is 0 Å². The molecule has 3 N–H and O–H groups in total. The first-order valence-electron chi connectivity index (χ1n) is 21.9. The molecule has 8 rings (SSSR count). The van der Waals surface area contributed by atoms with Gasteiger partial charge in [-0.15, -0.1) is 0 Å². The van der Waals surface area contributed by atoms with E-state index in [1.165, 1.54) is 16.8 Å². The highest BCUT2D eigenvalue weighted by atomic mass is 16.5. The summed E-state index contributed by atoms with van der Waals surface area (Å²) >= 11 is 0. The molecule has 4 saturated heterocycles. The van der Waals surface area contributed by atoms with Crippen molar-refractivity contribution < 1.29 is 24.2 Å². The Hall–Kier alpha value is -5.28. The van der Waals surface area contributed by atoms with Crippen LogP contribution in [0.1, 0.15) is 89.9 Å². The van der Waals surface area contributed by atoms with E-state index in [-0.39, 0.29) is 11.8 Å². The van der Waals surface area contributed by atoms with Crippen molar-refractivity contribution in [1.82, 2.24) is 35.0 Å². The molecule has 4 aliphatic rings. The number of pyridine rings is 1. The van der Waals surface area contributed by atoms with Crippen LogP contribution in [-0.4, -0.2) is 119 Å². The normalized spacial score (nSPS) is 20.7.